The second kappa shape index (κ2) is 6.67. The van der Waals surface area contributed by atoms with Crippen molar-refractivity contribution in [2.45, 2.75) is 31.8 Å². The van der Waals surface area contributed by atoms with Crippen LogP contribution in [0.25, 0.3) is 0 Å². The fourth-order valence-electron chi connectivity index (χ4n) is 3.09. The maximum absolute atomic E-state index is 5.90. The van der Waals surface area contributed by atoms with E-state index < -0.39 is 0 Å². The Labute approximate surface area is 127 Å². The minimum absolute atomic E-state index is 0.585. The molecule has 0 bridgehead atoms. The van der Waals surface area contributed by atoms with Gasteiger partial charge in [0, 0.05) is 31.7 Å². The lowest BCUT2D eigenvalue weighted by molar-refractivity contribution is 0.111. The third-order valence-corrected chi connectivity index (χ3v) is 4.63. The number of ether oxygens (including phenoxy) is 2. The number of para-hydroxylation sites is 2. The van der Waals surface area contributed by atoms with Gasteiger partial charge in [-0.2, -0.15) is 0 Å². The highest BCUT2D eigenvalue weighted by Gasteiger charge is 2.35. The molecule has 2 unspecified atom stereocenters. The van der Waals surface area contributed by atoms with Gasteiger partial charge < -0.3 is 14.8 Å². The molecule has 1 aliphatic carbocycles. The van der Waals surface area contributed by atoms with Crippen LogP contribution in [-0.4, -0.2) is 50.3 Å². The van der Waals surface area contributed by atoms with Gasteiger partial charge in [0.1, 0.15) is 6.61 Å². The molecule has 1 N–H and O–H groups in total. The van der Waals surface area contributed by atoms with Crippen molar-refractivity contribution in [1.82, 2.24) is 10.2 Å². The lowest BCUT2D eigenvalue weighted by Crippen LogP contribution is -2.56. The molecule has 116 valence electrons. The molecule has 1 saturated heterocycles. The van der Waals surface area contributed by atoms with Crippen molar-refractivity contribution in [3.63, 3.8) is 0 Å². The van der Waals surface area contributed by atoms with Crippen molar-refractivity contribution in [3.05, 3.63) is 24.3 Å². The maximum atomic E-state index is 5.90. The van der Waals surface area contributed by atoms with E-state index in [1.54, 1.807) is 7.11 Å². The van der Waals surface area contributed by atoms with Crippen LogP contribution in [0.5, 0.6) is 11.5 Å². The Kier molecular flexibility index (Phi) is 4.66. The lowest BCUT2D eigenvalue weighted by Gasteiger charge is -2.39. The van der Waals surface area contributed by atoms with Crippen molar-refractivity contribution >= 4 is 0 Å². The number of hydrogen-bond acceptors (Lipinski definition) is 4. The number of nitrogens with one attached hydrogen (secondary N) is 1. The second-order valence-electron chi connectivity index (χ2n) is 6.20. The summed E-state index contributed by atoms with van der Waals surface area (Å²) in [4.78, 5) is 2.55. The van der Waals surface area contributed by atoms with Gasteiger partial charge in [-0.3, -0.25) is 4.90 Å². The second-order valence-corrected chi connectivity index (χ2v) is 6.20. The number of methoxy groups -OCH3 is 1. The van der Waals surface area contributed by atoms with Crippen LogP contribution in [0.3, 0.4) is 0 Å². The molecule has 1 saturated carbocycles. The van der Waals surface area contributed by atoms with Crippen molar-refractivity contribution in [1.29, 1.82) is 0 Å². The summed E-state index contributed by atoms with van der Waals surface area (Å²) in [6, 6.07) is 9.12. The van der Waals surface area contributed by atoms with Gasteiger partial charge in [0.2, 0.25) is 0 Å². The van der Waals surface area contributed by atoms with Crippen molar-refractivity contribution in [2.75, 3.05) is 33.4 Å². The molecule has 3 rings (SSSR count). The van der Waals surface area contributed by atoms with E-state index in [0.29, 0.717) is 18.7 Å². The van der Waals surface area contributed by atoms with Crippen LogP contribution in [0.2, 0.25) is 0 Å². The van der Waals surface area contributed by atoms with Gasteiger partial charge >= 0.3 is 0 Å². The van der Waals surface area contributed by atoms with E-state index in [0.717, 1.165) is 37.1 Å². The van der Waals surface area contributed by atoms with Gasteiger partial charge in [-0.1, -0.05) is 12.1 Å². The summed E-state index contributed by atoms with van der Waals surface area (Å²) >= 11 is 0. The monoisotopic (exact) mass is 290 g/mol. The first-order chi connectivity index (χ1) is 10.3. The SMILES string of the molecule is COc1ccccc1OCCN1CC(C2CC2)NCC1C. The summed E-state index contributed by atoms with van der Waals surface area (Å²) in [5, 5.41) is 3.68. The molecule has 0 spiro atoms. The van der Waals surface area contributed by atoms with Gasteiger partial charge in [-0.05, 0) is 37.8 Å². The molecule has 0 aromatic heterocycles. The summed E-state index contributed by atoms with van der Waals surface area (Å²) in [5.74, 6) is 2.55. The predicted molar refractivity (Wildman–Crippen MR) is 84.0 cm³/mol. The van der Waals surface area contributed by atoms with Crippen LogP contribution < -0.4 is 14.8 Å². The minimum Gasteiger partial charge on any atom is -0.493 e. The zero-order valence-electron chi connectivity index (χ0n) is 13.0. The molecule has 4 heteroatoms. The van der Waals surface area contributed by atoms with E-state index in [1.165, 1.54) is 12.8 Å². The smallest absolute Gasteiger partial charge is 0.161 e. The van der Waals surface area contributed by atoms with Crippen LogP contribution in [-0.2, 0) is 0 Å². The molecule has 1 aromatic carbocycles. The summed E-state index contributed by atoms with van der Waals surface area (Å²) in [7, 11) is 1.68. The number of hydrogen-bond donors (Lipinski definition) is 1. The van der Waals surface area contributed by atoms with Crippen LogP contribution in [0.1, 0.15) is 19.8 Å². The van der Waals surface area contributed by atoms with E-state index in [4.69, 9.17) is 9.47 Å². The standard InChI is InChI=1S/C17H26N2O2/c1-13-11-18-15(14-7-8-14)12-19(13)9-10-21-17-6-4-3-5-16(17)20-2/h3-6,13-15,18H,7-12H2,1-2H3. The maximum Gasteiger partial charge on any atom is 0.161 e. The Morgan fingerprint density at radius 2 is 2.00 bits per heavy atom. The summed E-state index contributed by atoms with van der Waals surface area (Å²) in [6.45, 7) is 6.22. The van der Waals surface area contributed by atoms with E-state index in [9.17, 15) is 0 Å². The Morgan fingerprint density at radius 1 is 1.24 bits per heavy atom. The first-order valence-electron chi connectivity index (χ1n) is 8.01. The molecule has 1 aliphatic heterocycles. The fraction of sp³-hybridized carbons (Fsp3) is 0.647. The van der Waals surface area contributed by atoms with Crippen molar-refractivity contribution in [3.8, 4) is 11.5 Å². The fourth-order valence-corrected chi connectivity index (χ4v) is 3.09. The third kappa shape index (κ3) is 3.69. The number of benzene rings is 1. The third-order valence-electron chi connectivity index (χ3n) is 4.63. The lowest BCUT2D eigenvalue weighted by atomic mass is 10.1. The van der Waals surface area contributed by atoms with E-state index in [1.807, 2.05) is 24.3 Å². The molecule has 2 atom stereocenters. The highest BCUT2D eigenvalue weighted by molar-refractivity contribution is 5.39. The molecular formula is C17H26N2O2. The number of piperazine rings is 1. The largest absolute Gasteiger partial charge is 0.493 e. The highest BCUT2D eigenvalue weighted by atomic mass is 16.5. The predicted octanol–water partition coefficient (Wildman–Crippen LogP) is 2.15. The van der Waals surface area contributed by atoms with Crippen molar-refractivity contribution in [2.24, 2.45) is 5.92 Å². The topological polar surface area (TPSA) is 33.7 Å². The van der Waals surface area contributed by atoms with Crippen LogP contribution in [0.4, 0.5) is 0 Å². The van der Waals surface area contributed by atoms with E-state index in [-0.39, 0.29) is 0 Å². The minimum atomic E-state index is 0.585. The van der Waals surface area contributed by atoms with Crippen LogP contribution >= 0.6 is 0 Å². The quantitative estimate of drug-likeness (QED) is 0.870. The normalized spacial score (nSPS) is 26.6. The Bertz CT molecular complexity index is 462. The Morgan fingerprint density at radius 3 is 2.71 bits per heavy atom. The van der Waals surface area contributed by atoms with Crippen molar-refractivity contribution < 1.29 is 9.47 Å². The first kappa shape index (κ1) is 14.7. The molecule has 0 amide bonds. The van der Waals surface area contributed by atoms with Crippen LogP contribution in [0, 0.1) is 5.92 Å². The van der Waals surface area contributed by atoms with Crippen LogP contribution in [0.15, 0.2) is 24.3 Å². The summed E-state index contributed by atoms with van der Waals surface area (Å²) in [6.07, 6.45) is 2.80. The van der Waals surface area contributed by atoms with Gasteiger partial charge in [0.25, 0.3) is 0 Å². The molecule has 1 aromatic rings. The average Bonchev–Trinajstić information content (AvgIpc) is 3.34. The summed E-state index contributed by atoms with van der Waals surface area (Å²) < 4.78 is 11.2. The van der Waals surface area contributed by atoms with Gasteiger partial charge in [0.15, 0.2) is 11.5 Å². The first-order valence-corrected chi connectivity index (χ1v) is 8.01. The number of rotatable bonds is 6. The molecule has 1 heterocycles. The Hall–Kier alpha value is -1.26. The van der Waals surface area contributed by atoms with E-state index >= 15 is 0 Å². The zero-order chi connectivity index (χ0) is 14.7. The molecule has 4 nitrogen and oxygen atoms in total. The van der Waals surface area contributed by atoms with Gasteiger partial charge in [-0.25, -0.2) is 0 Å². The zero-order valence-corrected chi connectivity index (χ0v) is 13.0. The molecule has 2 aliphatic rings. The average molecular weight is 290 g/mol. The van der Waals surface area contributed by atoms with Gasteiger partial charge in [0.05, 0.1) is 7.11 Å². The van der Waals surface area contributed by atoms with E-state index in [2.05, 4.69) is 17.1 Å². The summed E-state index contributed by atoms with van der Waals surface area (Å²) in [5.41, 5.74) is 0. The Balaban J connectivity index is 1.49. The molecule has 2 fully saturated rings. The molecule has 0 radical (unpaired) electrons. The van der Waals surface area contributed by atoms with Gasteiger partial charge in [-0.15, -0.1) is 0 Å². The molecule has 21 heavy (non-hydrogen) atoms. The number of nitrogens with zero attached hydrogens (tertiary/aromatic N) is 1. The highest BCUT2D eigenvalue weighted by Crippen LogP contribution is 2.34. The molecular weight excluding hydrogens is 264 g/mol.